The van der Waals surface area contributed by atoms with Crippen LogP contribution in [0.3, 0.4) is 0 Å². The first-order valence-corrected chi connectivity index (χ1v) is 9.75. The molecule has 0 bridgehead atoms. The number of allylic oxidation sites excluding steroid dienone is 1. The highest BCUT2D eigenvalue weighted by atomic mass is 16.6. The summed E-state index contributed by atoms with van der Waals surface area (Å²) in [5.74, 6) is -0.0459. The number of likely N-dealkylation sites (tertiary alicyclic amines) is 1. The van der Waals surface area contributed by atoms with Crippen molar-refractivity contribution in [1.82, 2.24) is 4.90 Å². The standard InChI is InChI=1S/C22H28N2O3/c1-17(2)13-19(14-23)21(25)24-11-10-22(9-6-12-27-22)20(15-24)26-16-18-7-4-3-5-8-18/h3-5,7-8,13,17,20H,6,9-12,15-16H2,1-2H3/b19-13+/t20-,22-/m0/s1. The number of hydrogen-bond acceptors (Lipinski definition) is 4. The van der Waals surface area contributed by atoms with Gasteiger partial charge in [-0.1, -0.05) is 50.3 Å². The van der Waals surface area contributed by atoms with Crippen LogP contribution in [0.2, 0.25) is 0 Å². The Morgan fingerprint density at radius 1 is 1.41 bits per heavy atom. The van der Waals surface area contributed by atoms with Gasteiger partial charge in [-0.25, -0.2) is 0 Å². The van der Waals surface area contributed by atoms with E-state index in [1.807, 2.05) is 44.2 Å². The molecule has 3 rings (SSSR count). The minimum atomic E-state index is -0.305. The maximum Gasteiger partial charge on any atom is 0.264 e. The molecule has 0 saturated carbocycles. The van der Waals surface area contributed by atoms with Crippen LogP contribution in [-0.4, -0.2) is 42.2 Å². The highest BCUT2D eigenvalue weighted by molar-refractivity contribution is 5.97. The second-order valence-electron chi connectivity index (χ2n) is 7.74. The van der Waals surface area contributed by atoms with Crippen LogP contribution in [0.15, 0.2) is 42.0 Å². The van der Waals surface area contributed by atoms with E-state index in [0.29, 0.717) is 19.7 Å². The van der Waals surface area contributed by atoms with Crippen LogP contribution in [0.4, 0.5) is 0 Å². The Balaban J connectivity index is 1.73. The van der Waals surface area contributed by atoms with Gasteiger partial charge in [0, 0.05) is 13.2 Å². The first kappa shape index (κ1) is 19.6. The van der Waals surface area contributed by atoms with Crippen molar-refractivity contribution in [3.63, 3.8) is 0 Å². The van der Waals surface area contributed by atoms with E-state index in [0.717, 1.165) is 31.4 Å². The zero-order chi connectivity index (χ0) is 19.3. The molecule has 2 saturated heterocycles. The van der Waals surface area contributed by atoms with Gasteiger partial charge >= 0.3 is 0 Å². The smallest absolute Gasteiger partial charge is 0.264 e. The quantitative estimate of drug-likeness (QED) is 0.590. The van der Waals surface area contributed by atoms with Crippen molar-refractivity contribution < 1.29 is 14.3 Å². The van der Waals surface area contributed by atoms with E-state index in [-0.39, 0.29) is 29.1 Å². The molecule has 2 atom stereocenters. The normalized spacial score (nSPS) is 25.8. The molecule has 0 unspecified atom stereocenters. The molecule has 1 aromatic rings. The number of piperidine rings is 1. The summed E-state index contributed by atoms with van der Waals surface area (Å²) >= 11 is 0. The molecule has 0 N–H and O–H groups in total. The summed E-state index contributed by atoms with van der Waals surface area (Å²) in [5.41, 5.74) is 1.02. The van der Waals surface area contributed by atoms with E-state index < -0.39 is 0 Å². The van der Waals surface area contributed by atoms with Crippen molar-refractivity contribution in [2.45, 2.75) is 51.4 Å². The van der Waals surface area contributed by atoms with Crippen molar-refractivity contribution >= 4 is 5.91 Å². The maximum atomic E-state index is 12.8. The number of nitriles is 1. The monoisotopic (exact) mass is 368 g/mol. The summed E-state index contributed by atoms with van der Waals surface area (Å²) in [6, 6.07) is 12.1. The Morgan fingerprint density at radius 2 is 2.19 bits per heavy atom. The third kappa shape index (κ3) is 4.58. The van der Waals surface area contributed by atoms with Crippen molar-refractivity contribution in [3.05, 3.63) is 47.5 Å². The van der Waals surface area contributed by atoms with Crippen molar-refractivity contribution in [2.24, 2.45) is 5.92 Å². The number of amides is 1. The van der Waals surface area contributed by atoms with Gasteiger partial charge in [0.15, 0.2) is 0 Å². The lowest BCUT2D eigenvalue weighted by atomic mass is 9.85. The van der Waals surface area contributed by atoms with Crippen molar-refractivity contribution in [1.29, 1.82) is 5.26 Å². The molecule has 0 aliphatic carbocycles. The van der Waals surface area contributed by atoms with Gasteiger partial charge in [0.25, 0.3) is 5.91 Å². The summed E-state index contributed by atoms with van der Waals surface area (Å²) in [4.78, 5) is 14.6. The molecular weight excluding hydrogens is 340 g/mol. The second-order valence-corrected chi connectivity index (χ2v) is 7.74. The van der Waals surface area contributed by atoms with Gasteiger partial charge in [-0.15, -0.1) is 0 Å². The molecule has 2 aliphatic heterocycles. The number of benzene rings is 1. The SMILES string of the molecule is CC(C)/C=C(\C#N)C(=O)N1CC[C@@]2(CCCO2)[C@@H](OCc2ccccc2)C1. The lowest BCUT2D eigenvalue weighted by Gasteiger charge is -2.44. The van der Waals surface area contributed by atoms with Crippen molar-refractivity contribution in [2.75, 3.05) is 19.7 Å². The summed E-state index contributed by atoms with van der Waals surface area (Å²) in [6.45, 7) is 6.23. The second kappa shape index (κ2) is 8.69. The van der Waals surface area contributed by atoms with Gasteiger partial charge in [-0.2, -0.15) is 5.26 Å². The van der Waals surface area contributed by atoms with Gasteiger partial charge in [0.2, 0.25) is 0 Å². The van der Waals surface area contributed by atoms with Crippen LogP contribution in [0, 0.1) is 17.2 Å². The number of carbonyl (C=O) groups is 1. The Kier molecular flexibility index (Phi) is 6.30. The lowest BCUT2D eigenvalue weighted by molar-refractivity contribution is -0.166. The molecule has 1 aromatic carbocycles. The number of hydrogen-bond donors (Lipinski definition) is 0. The van der Waals surface area contributed by atoms with Crippen molar-refractivity contribution in [3.8, 4) is 6.07 Å². The van der Waals surface area contributed by atoms with Gasteiger partial charge in [0.1, 0.15) is 17.7 Å². The van der Waals surface area contributed by atoms with E-state index >= 15 is 0 Å². The molecule has 27 heavy (non-hydrogen) atoms. The summed E-state index contributed by atoms with van der Waals surface area (Å²) < 4.78 is 12.4. The fourth-order valence-electron chi connectivity index (χ4n) is 3.93. The highest BCUT2D eigenvalue weighted by Gasteiger charge is 2.48. The third-order valence-corrected chi connectivity index (χ3v) is 5.34. The van der Waals surface area contributed by atoms with E-state index in [9.17, 15) is 10.1 Å². The van der Waals surface area contributed by atoms with E-state index in [1.54, 1.807) is 11.0 Å². The molecule has 144 valence electrons. The van der Waals surface area contributed by atoms with Crippen LogP contribution in [-0.2, 0) is 20.9 Å². The zero-order valence-corrected chi connectivity index (χ0v) is 16.2. The van der Waals surface area contributed by atoms with E-state index in [1.165, 1.54) is 0 Å². The Hall–Kier alpha value is -2.16. The van der Waals surface area contributed by atoms with E-state index in [2.05, 4.69) is 6.07 Å². The van der Waals surface area contributed by atoms with E-state index in [4.69, 9.17) is 9.47 Å². The number of rotatable bonds is 5. The number of nitrogens with zero attached hydrogens (tertiary/aromatic N) is 2. The largest absolute Gasteiger partial charge is 0.372 e. The Morgan fingerprint density at radius 3 is 2.81 bits per heavy atom. The predicted molar refractivity (Wildman–Crippen MR) is 103 cm³/mol. The Labute approximate surface area is 161 Å². The predicted octanol–water partition coefficient (Wildman–Crippen LogP) is 3.46. The summed E-state index contributed by atoms with van der Waals surface area (Å²) in [6.07, 6.45) is 4.28. The minimum Gasteiger partial charge on any atom is -0.372 e. The molecule has 0 aromatic heterocycles. The number of carbonyl (C=O) groups excluding carboxylic acids is 1. The van der Waals surface area contributed by atoms with Crippen LogP contribution in [0.1, 0.15) is 38.7 Å². The van der Waals surface area contributed by atoms with Gasteiger partial charge in [0.05, 0.1) is 18.8 Å². The van der Waals surface area contributed by atoms with Crippen LogP contribution < -0.4 is 0 Å². The molecule has 2 fully saturated rings. The third-order valence-electron chi connectivity index (χ3n) is 5.34. The lowest BCUT2D eigenvalue weighted by Crippen LogP contribution is -2.57. The first-order chi connectivity index (χ1) is 13.0. The fourth-order valence-corrected chi connectivity index (χ4v) is 3.93. The van der Waals surface area contributed by atoms with Crippen LogP contribution in [0.5, 0.6) is 0 Å². The molecule has 1 amide bonds. The topological polar surface area (TPSA) is 62.6 Å². The Bertz CT molecular complexity index is 715. The van der Waals surface area contributed by atoms with Gasteiger partial charge in [-0.3, -0.25) is 4.79 Å². The zero-order valence-electron chi connectivity index (χ0n) is 16.2. The van der Waals surface area contributed by atoms with Gasteiger partial charge < -0.3 is 14.4 Å². The summed E-state index contributed by atoms with van der Waals surface area (Å²) in [7, 11) is 0. The molecule has 1 spiro atoms. The first-order valence-electron chi connectivity index (χ1n) is 9.75. The molecule has 2 heterocycles. The molecule has 5 heteroatoms. The molecule has 5 nitrogen and oxygen atoms in total. The molecule has 2 aliphatic rings. The average molecular weight is 368 g/mol. The highest BCUT2D eigenvalue weighted by Crippen LogP contribution is 2.38. The molecule has 0 radical (unpaired) electrons. The minimum absolute atomic E-state index is 0.156. The number of ether oxygens (including phenoxy) is 2. The van der Waals surface area contributed by atoms with Crippen LogP contribution in [0.25, 0.3) is 0 Å². The fraction of sp³-hybridized carbons (Fsp3) is 0.545. The van der Waals surface area contributed by atoms with Gasteiger partial charge in [-0.05, 0) is 30.7 Å². The molecular formula is C22H28N2O3. The average Bonchev–Trinajstić information content (AvgIpc) is 3.15. The summed E-state index contributed by atoms with van der Waals surface area (Å²) in [5, 5.41) is 9.38. The van der Waals surface area contributed by atoms with Crippen LogP contribution >= 0.6 is 0 Å². The maximum absolute atomic E-state index is 12.8.